The predicted molar refractivity (Wildman–Crippen MR) is 63.3 cm³/mol. The number of pyridine rings is 1. The van der Waals surface area contributed by atoms with E-state index in [4.69, 9.17) is 5.11 Å². The van der Waals surface area contributed by atoms with Crippen LogP contribution in [0, 0.1) is 0 Å². The van der Waals surface area contributed by atoms with Crippen LogP contribution in [-0.4, -0.2) is 27.6 Å². The highest BCUT2D eigenvalue weighted by atomic mass is 32.2. The van der Waals surface area contributed by atoms with Crippen molar-refractivity contribution in [2.24, 2.45) is 0 Å². The molecular formula is C11H13NO3S. The molecule has 2 N–H and O–H groups in total. The van der Waals surface area contributed by atoms with Crippen molar-refractivity contribution in [2.45, 2.75) is 18.8 Å². The van der Waals surface area contributed by atoms with Crippen LogP contribution < -0.4 is 5.56 Å². The van der Waals surface area contributed by atoms with Gasteiger partial charge in [0.15, 0.2) is 0 Å². The first-order valence-electron chi connectivity index (χ1n) is 5.23. The first-order chi connectivity index (χ1) is 7.68. The second kappa shape index (κ2) is 4.74. The van der Waals surface area contributed by atoms with E-state index in [0.29, 0.717) is 5.92 Å². The normalized spacial score (nSPS) is 20.6. The Bertz CT molecular complexity index is 449. The summed E-state index contributed by atoms with van der Waals surface area (Å²) >= 11 is 1.88. The van der Waals surface area contributed by atoms with Gasteiger partial charge in [-0.05, 0) is 30.7 Å². The molecule has 0 bridgehead atoms. The van der Waals surface area contributed by atoms with Gasteiger partial charge in [0, 0.05) is 17.4 Å². The number of hydrogen-bond acceptors (Lipinski definition) is 3. The zero-order chi connectivity index (χ0) is 11.5. The van der Waals surface area contributed by atoms with Crippen molar-refractivity contribution >= 4 is 17.7 Å². The standard InChI is InChI=1S/C11H13NO3S/c13-10-8(11(14)15)3-4-9(12-10)7-2-1-5-16-6-7/h3-4,7H,1-2,5-6H2,(H,12,13)(H,14,15). The summed E-state index contributed by atoms with van der Waals surface area (Å²) in [7, 11) is 0. The van der Waals surface area contributed by atoms with Crippen molar-refractivity contribution in [1.29, 1.82) is 0 Å². The minimum absolute atomic E-state index is 0.188. The number of carbonyl (C=O) groups is 1. The number of nitrogens with one attached hydrogen (secondary N) is 1. The highest BCUT2D eigenvalue weighted by Gasteiger charge is 2.18. The van der Waals surface area contributed by atoms with Gasteiger partial charge < -0.3 is 10.1 Å². The summed E-state index contributed by atoms with van der Waals surface area (Å²) in [4.78, 5) is 24.8. The smallest absolute Gasteiger partial charge is 0.341 e. The lowest BCUT2D eigenvalue weighted by atomic mass is 10.0. The maximum absolute atomic E-state index is 11.5. The monoisotopic (exact) mass is 239 g/mol. The Balaban J connectivity index is 2.26. The van der Waals surface area contributed by atoms with Crippen LogP contribution in [0.25, 0.3) is 0 Å². The van der Waals surface area contributed by atoms with Crippen LogP contribution in [0.1, 0.15) is 34.8 Å². The van der Waals surface area contributed by atoms with Crippen LogP contribution in [0.3, 0.4) is 0 Å². The third-order valence-corrected chi connectivity index (χ3v) is 3.98. The fraction of sp³-hybridized carbons (Fsp3) is 0.455. The van der Waals surface area contributed by atoms with Crippen molar-refractivity contribution in [2.75, 3.05) is 11.5 Å². The maximum atomic E-state index is 11.5. The quantitative estimate of drug-likeness (QED) is 0.823. The minimum Gasteiger partial charge on any atom is -0.477 e. The number of carboxylic acid groups (broad SMARTS) is 1. The third-order valence-electron chi connectivity index (χ3n) is 2.76. The lowest BCUT2D eigenvalue weighted by Gasteiger charge is -2.21. The summed E-state index contributed by atoms with van der Waals surface area (Å²) < 4.78 is 0. The molecule has 0 radical (unpaired) electrons. The van der Waals surface area contributed by atoms with Crippen molar-refractivity contribution < 1.29 is 9.90 Å². The Morgan fingerprint density at radius 1 is 1.50 bits per heavy atom. The van der Waals surface area contributed by atoms with Crippen molar-refractivity contribution in [3.8, 4) is 0 Å². The number of aromatic carboxylic acids is 1. The second-order valence-corrected chi connectivity index (χ2v) is 5.03. The molecule has 1 atom stereocenters. The van der Waals surface area contributed by atoms with E-state index in [1.54, 1.807) is 6.07 Å². The molecule has 0 aromatic carbocycles. The van der Waals surface area contributed by atoms with E-state index in [2.05, 4.69) is 4.98 Å². The van der Waals surface area contributed by atoms with Crippen LogP contribution in [0.2, 0.25) is 0 Å². The van der Waals surface area contributed by atoms with Crippen LogP contribution in [-0.2, 0) is 0 Å². The van der Waals surface area contributed by atoms with Gasteiger partial charge >= 0.3 is 5.97 Å². The van der Waals surface area contributed by atoms with Gasteiger partial charge in [0.05, 0.1) is 0 Å². The SMILES string of the molecule is O=C(O)c1ccc(C2CCCSC2)[nH]c1=O. The Kier molecular flexibility index (Phi) is 3.33. The summed E-state index contributed by atoms with van der Waals surface area (Å²) in [6.07, 6.45) is 2.22. The molecule has 0 saturated carbocycles. The first kappa shape index (κ1) is 11.3. The van der Waals surface area contributed by atoms with Gasteiger partial charge in [-0.15, -0.1) is 0 Å². The molecule has 0 amide bonds. The number of thioether (sulfide) groups is 1. The molecule has 1 saturated heterocycles. The van der Waals surface area contributed by atoms with Gasteiger partial charge in [-0.2, -0.15) is 11.8 Å². The van der Waals surface area contributed by atoms with Gasteiger partial charge in [-0.25, -0.2) is 4.79 Å². The fourth-order valence-corrected chi connectivity index (χ4v) is 3.05. The molecule has 5 heteroatoms. The molecule has 1 fully saturated rings. The number of rotatable bonds is 2. The number of aromatic amines is 1. The van der Waals surface area contributed by atoms with Gasteiger partial charge in [0.25, 0.3) is 5.56 Å². The zero-order valence-electron chi connectivity index (χ0n) is 8.73. The summed E-state index contributed by atoms with van der Waals surface area (Å²) in [6.45, 7) is 0. The largest absolute Gasteiger partial charge is 0.477 e. The highest BCUT2D eigenvalue weighted by molar-refractivity contribution is 7.99. The van der Waals surface area contributed by atoms with Crippen molar-refractivity contribution in [3.05, 3.63) is 33.7 Å². The lowest BCUT2D eigenvalue weighted by molar-refractivity contribution is 0.0695. The Morgan fingerprint density at radius 2 is 2.31 bits per heavy atom. The molecule has 2 rings (SSSR count). The highest BCUT2D eigenvalue weighted by Crippen LogP contribution is 2.29. The van der Waals surface area contributed by atoms with E-state index in [9.17, 15) is 9.59 Å². The fourth-order valence-electron chi connectivity index (χ4n) is 1.88. The van der Waals surface area contributed by atoms with E-state index in [-0.39, 0.29) is 5.56 Å². The van der Waals surface area contributed by atoms with E-state index in [1.807, 2.05) is 11.8 Å². The lowest BCUT2D eigenvalue weighted by Crippen LogP contribution is -2.21. The van der Waals surface area contributed by atoms with Crippen molar-refractivity contribution in [1.82, 2.24) is 4.98 Å². The van der Waals surface area contributed by atoms with E-state index < -0.39 is 11.5 Å². The summed E-state index contributed by atoms with van der Waals surface area (Å²) in [5, 5.41) is 8.74. The van der Waals surface area contributed by atoms with Crippen LogP contribution >= 0.6 is 11.8 Å². The number of aromatic nitrogens is 1. The first-order valence-corrected chi connectivity index (χ1v) is 6.38. The van der Waals surface area contributed by atoms with Gasteiger partial charge in [-0.3, -0.25) is 4.79 Å². The van der Waals surface area contributed by atoms with E-state index >= 15 is 0 Å². The topological polar surface area (TPSA) is 70.2 Å². The summed E-state index contributed by atoms with van der Waals surface area (Å²) in [5.41, 5.74) is 0.176. The van der Waals surface area contributed by atoms with Crippen LogP contribution in [0.5, 0.6) is 0 Å². The van der Waals surface area contributed by atoms with Crippen molar-refractivity contribution in [3.63, 3.8) is 0 Å². The molecule has 1 aromatic rings. The van der Waals surface area contributed by atoms with Gasteiger partial charge in [-0.1, -0.05) is 0 Å². The Hall–Kier alpha value is -1.23. The number of H-pyrrole nitrogens is 1. The van der Waals surface area contributed by atoms with E-state index in [0.717, 1.165) is 24.3 Å². The van der Waals surface area contributed by atoms with Crippen LogP contribution in [0.4, 0.5) is 0 Å². The second-order valence-electron chi connectivity index (χ2n) is 3.88. The summed E-state index contributed by atoms with van der Waals surface area (Å²) in [6, 6.07) is 3.12. The molecule has 1 aliphatic heterocycles. The zero-order valence-corrected chi connectivity index (χ0v) is 9.55. The molecule has 4 nitrogen and oxygen atoms in total. The molecule has 0 aliphatic carbocycles. The Morgan fingerprint density at radius 3 is 2.88 bits per heavy atom. The molecule has 16 heavy (non-hydrogen) atoms. The van der Waals surface area contributed by atoms with Crippen LogP contribution in [0.15, 0.2) is 16.9 Å². The van der Waals surface area contributed by atoms with Gasteiger partial charge in [0.1, 0.15) is 5.56 Å². The summed E-state index contributed by atoms with van der Waals surface area (Å²) in [5.74, 6) is 1.36. The molecule has 0 spiro atoms. The number of carboxylic acids is 1. The molecule has 1 aromatic heterocycles. The average Bonchev–Trinajstić information content (AvgIpc) is 2.29. The van der Waals surface area contributed by atoms with Gasteiger partial charge in [0.2, 0.25) is 0 Å². The minimum atomic E-state index is -1.18. The molecule has 1 unspecified atom stereocenters. The van der Waals surface area contributed by atoms with E-state index in [1.165, 1.54) is 11.8 Å². The molecule has 2 heterocycles. The average molecular weight is 239 g/mol. The molecule has 1 aliphatic rings. The molecular weight excluding hydrogens is 226 g/mol. The predicted octanol–water partition coefficient (Wildman–Crippen LogP) is 1.68. The number of hydrogen-bond donors (Lipinski definition) is 2. The molecule has 86 valence electrons. The maximum Gasteiger partial charge on any atom is 0.341 e. The third kappa shape index (κ3) is 2.29. The Labute approximate surface area is 97.1 Å².